The lowest BCUT2D eigenvalue weighted by Gasteiger charge is -2.08. The minimum atomic E-state index is -0.368. The number of para-hydroxylation sites is 1. The highest BCUT2D eigenvalue weighted by Crippen LogP contribution is 2.15. The maximum Gasteiger partial charge on any atom is 0.330 e. The average Bonchev–Trinajstić information content (AvgIpc) is 2.52. The molecule has 0 amide bonds. The van der Waals surface area contributed by atoms with E-state index in [4.69, 9.17) is 9.47 Å². The van der Waals surface area contributed by atoms with Crippen LogP contribution in [-0.4, -0.2) is 19.2 Å². The second-order valence-corrected chi connectivity index (χ2v) is 4.53. The summed E-state index contributed by atoms with van der Waals surface area (Å²) in [6.45, 7) is 2.55. The van der Waals surface area contributed by atoms with Crippen LogP contribution < -0.4 is 4.74 Å². The zero-order valence-corrected chi connectivity index (χ0v) is 12.0. The Morgan fingerprint density at radius 3 is 2.48 bits per heavy atom. The van der Waals surface area contributed by atoms with Gasteiger partial charge in [-0.1, -0.05) is 48.5 Å². The summed E-state index contributed by atoms with van der Waals surface area (Å²) in [5, 5.41) is 0. The van der Waals surface area contributed by atoms with Crippen molar-refractivity contribution < 1.29 is 14.3 Å². The summed E-state index contributed by atoms with van der Waals surface area (Å²) in [6.07, 6.45) is 3.15. The summed E-state index contributed by atoms with van der Waals surface area (Å²) in [5.41, 5.74) is 2.03. The van der Waals surface area contributed by atoms with Crippen LogP contribution in [0.25, 0.3) is 6.08 Å². The van der Waals surface area contributed by atoms with E-state index in [-0.39, 0.29) is 12.6 Å². The van der Waals surface area contributed by atoms with Crippen LogP contribution in [0, 0.1) is 6.92 Å². The first-order valence-electron chi connectivity index (χ1n) is 6.84. The lowest BCUT2D eigenvalue weighted by Crippen LogP contribution is -2.10. The van der Waals surface area contributed by atoms with Gasteiger partial charge in [0.25, 0.3) is 0 Å². The summed E-state index contributed by atoms with van der Waals surface area (Å²) < 4.78 is 10.6. The predicted octanol–water partition coefficient (Wildman–Crippen LogP) is 3.63. The van der Waals surface area contributed by atoms with Crippen LogP contribution in [0.1, 0.15) is 11.1 Å². The molecule has 0 saturated heterocycles. The minimum Gasteiger partial charge on any atom is -0.490 e. The fourth-order valence-corrected chi connectivity index (χ4v) is 1.79. The van der Waals surface area contributed by atoms with Gasteiger partial charge < -0.3 is 9.47 Å². The Balaban J connectivity index is 1.70. The Morgan fingerprint density at radius 1 is 1.00 bits per heavy atom. The van der Waals surface area contributed by atoms with Gasteiger partial charge in [-0.2, -0.15) is 0 Å². The molecule has 2 aromatic carbocycles. The van der Waals surface area contributed by atoms with E-state index in [9.17, 15) is 4.79 Å². The van der Waals surface area contributed by atoms with Gasteiger partial charge in [0.1, 0.15) is 19.0 Å². The van der Waals surface area contributed by atoms with Gasteiger partial charge >= 0.3 is 5.97 Å². The monoisotopic (exact) mass is 282 g/mol. The van der Waals surface area contributed by atoms with Crippen LogP contribution in [0.15, 0.2) is 60.7 Å². The maximum absolute atomic E-state index is 11.5. The van der Waals surface area contributed by atoms with E-state index in [1.54, 1.807) is 6.08 Å². The van der Waals surface area contributed by atoms with Gasteiger partial charge in [-0.25, -0.2) is 4.79 Å². The van der Waals surface area contributed by atoms with E-state index in [0.717, 1.165) is 16.9 Å². The number of rotatable bonds is 6. The number of carbonyl (C=O) groups is 1. The molecule has 2 aromatic rings. The highest BCUT2D eigenvalue weighted by atomic mass is 16.6. The van der Waals surface area contributed by atoms with Gasteiger partial charge in [0.2, 0.25) is 0 Å². The van der Waals surface area contributed by atoms with Crippen LogP contribution in [0.5, 0.6) is 5.75 Å². The first kappa shape index (κ1) is 14.9. The van der Waals surface area contributed by atoms with E-state index in [1.807, 2.05) is 61.5 Å². The molecular formula is C18H18O3. The third kappa shape index (κ3) is 5.15. The average molecular weight is 282 g/mol. The SMILES string of the molecule is Cc1ccccc1OCCOC(=O)/C=C/c1ccccc1. The number of hydrogen-bond acceptors (Lipinski definition) is 3. The summed E-state index contributed by atoms with van der Waals surface area (Å²) in [6, 6.07) is 17.3. The fourth-order valence-electron chi connectivity index (χ4n) is 1.79. The van der Waals surface area contributed by atoms with Gasteiger partial charge in [0.05, 0.1) is 0 Å². The summed E-state index contributed by atoms with van der Waals surface area (Å²) in [7, 11) is 0. The van der Waals surface area contributed by atoms with Gasteiger partial charge in [-0.15, -0.1) is 0 Å². The molecule has 0 aliphatic heterocycles. The van der Waals surface area contributed by atoms with Crippen molar-refractivity contribution in [2.75, 3.05) is 13.2 Å². The lowest BCUT2D eigenvalue weighted by molar-refractivity contribution is -0.138. The Hall–Kier alpha value is -2.55. The molecule has 0 spiro atoms. The highest BCUT2D eigenvalue weighted by Gasteiger charge is 2.00. The van der Waals surface area contributed by atoms with E-state index in [1.165, 1.54) is 6.08 Å². The molecule has 0 bridgehead atoms. The number of hydrogen-bond donors (Lipinski definition) is 0. The number of aryl methyl sites for hydroxylation is 1. The van der Waals surface area contributed by atoms with E-state index >= 15 is 0 Å². The Bertz CT molecular complexity index is 603. The standard InChI is InChI=1S/C18H18O3/c1-15-7-5-6-10-17(15)20-13-14-21-18(19)12-11-16-8-3-2-4-9-16/h2-12H,13-14H2,1H3/b12-11+. The predicted molar refractivity (Wildman–Crippen MR) is 83.1 cm³/mol. The maximum atomic E-state index is 11.5. The van der Waals surface area contributed by atoms with Crippen molar-refractivity contribution in [3.05, 3.63) is 71.8 Å². The zero-order valence-electron chi connectivity index (χ0n) is 12.0. The summed E-state index contributed by atoms with van der Waals surface area (Å²) >= 11 is 0. The van der Waals surface area contributed by atoms with Crippen molar-refractivity contribution in [1.29, 1.82) is 0 Å². The van der Waals surface area contributed by atoms with E-state index in [2.05, 4.69) is 0 Å². The second-order valence-electron chi connectivity index (χ2n) is 4.53. The molecule has 108 valence electrons. The molecule has 0 saturated carbocycles. The number of benzene rings is 2. The molecule has 0 aliphatic rings. The molecule has 0 unspecified atom stereocenters. The quantitative estimate of drug-likeness (QED) is 0.461. The molecule has 21 heavy (non-hydrogen) atoms. The molecule has 0 atom stereocenters. The smallest absolute Gasteiger partial charge is 0.330 e. The molecule has 3 heteroatoms. The molecule has 2 rings (SSSR count). The Labute approximate surface area is 124 Å². The molecule has 3 nitrogen and oxygen atoms in total. The first-order valence-corrected chi connectivity index (χ1v) is 6.84. The summed E-state index contributed by atoms with van der Waals surface area (Å²) in [4.78, 5) is 11.5. The normalized spacial score (nSPS) is 10.5. The van der Waals surface area contributed by atoms with E-state index in [0.29, 0.717) is 6.61 Å². The van der Waals surface area contributed by atoms with Crippen LogP contribution in [0.4, 0.5) is 0 Å². The summed E-state index contributed by atoms with van der Waals surface area (Å²) in [5.74, 6) is 0.445. The van der Waals surface area contributed by atoms with Crippen molar-refractivity contribution in [1.82, 2.24) is 0 Å². The van der Waals surface area contributed by atoms with Crippen molar-refractivity contribution in [2.24, 2.45) is 0 Å². The minimum absolute atomic E-state index is 0.228. The molecular weight excluding hydrogens is 264 g/mol. The zero-order chi connectivity index (χ0) is 14.9. The van der Waals surface area contributed by atoms with E-state index < -0.39 is 0 Å². The first-order chi connectivity index (χ1) is 10.3. The van der Waals surface area contributed by atoms with Crippen molar-refractivity contribution in [3.63, 3.8) is 0 Å². The molecule has 0 fully saturated rings. The van der Waals surface area contributed by atoms with Crippen LogP contribution in [-0.2, 0) is 9.53 Å². The van der Waals surface area contributed by atoms with Crippen LogP contribution >= 0.6 is 0 Å². The Kier molecular flexibility index (Phi) is 5.59. The largest absolute Gasteiger partial charge is 0.490 e. The number of esters is 1. The van der Waals surface area contributed by atoms with Crippen molar-refractivity contribution in [2.45, 2.75) is 6.92 Å². The van der Waals surface area contributed by atoms with Gasteiger partial charge in [-0.05, 0) is 30.2 Å². The topological polar surface area (TPSA) is 35.5 Å². The van der Waals surface area contributed by atoms with Crippen LogP contribution in [0.3, 0.4) is 0 Å². The second kappa shape index (κ2) is 7.90. The Morgan fingerprint density at radius 2 is 1.71 bits per heavy atom. The van der Waals surface area contributed by atoms with Crippen molar-refractivity contribution in [3.8, 4) is 5.75 Å². The molecule has 0 aliphatic carbocycles. The molecule has 0 radical (unpaired) electrons. The molecule has 0 N–H and O–H groups in total. The third-order valence-electron chi connectivity index (χ3n) is 2.89. The highest BCUT2D eigenvalue weighted by molar-refractivity contribution is 5.87. The molecule has 0 heterocycles. The van der Waals surface area contributed by atoms with Crippen molar-refractivity contribution >= 4 is 12.0 Å². The number of ether oxygens (including phenoxy) is 2. The van der Waals surface area contributed by atoms with Gasteiger partial charge in [0.15, 0.2) is 0 Å². The van der Waals surface area contributed by atoms with Crippen LogP contribution in [0.2, 0.25) is 0 Å². The van der Waals surface area contributed by atoms with Gasteiger partial charge in [0, 0.05) is 6.08 Å². The third-order valence-corrected chi connectivity index (χ3v) is 2.89. The fraction of sp³-hybridized carbons (Fsp3) is 0.167. The number of carbonyl (C=O) groups excluding carboxylic acids is 1. The lowest BCUT2D eigenvalue weighted by atomic mass is 10.2. The molecule has 0 aromatic heterocycles. The van der Waals surface area contributed by atoms with Gasteiger partial charge in [-0.3, -0.25) is 0 Å².